The smallest absolute Gasteiger partial charge is 0.327 e. The molecule has 1 amide bonds. The molecular weight excluding hydrogens is 346 g/mol. The van der Waals surface area contributed by atoms with Crippen molar-refractivity contribution >= 4 is 27.6 Å². The Bertz CT molecular complexity index is 418. The van der Waals surface area contributed by atoms with Gasteiger partial charge in [-0.1, -0.05) is 22.4 Å². The van der Waals surface area contributed by atoms with Crippen molar-refractivity contribution in [2.45, 2.75) is 37.7 Å². The lowest BCUT2D eigenvalue weighted by molar-refractivity contribution is -0.182. The Balaban J connectivity index is 2.26. The van der Waals surface area contributed by atoms with Crippen LogP contribution in [0.15, 0.2) is 0 Å². The number of alkyl halides is 5. The molecule has 2 aliphatic rings. The second kappa shape index (κ2) is 5.61. The highest BCUT2D eigenvalue weighted by Crippen LogP contribution is 2.44. The Hall–Kier alpha value is -0.660. The first-order valence-corrected chi connectivity index (χ1v) is 7.48. The van der Waals surface area contributed by atoms with Crippen LogP contribution in [0.5, 0.6) is 0 Å². The van der Waals surface area contributed by atoms with Crippen molar-refractivity contribution < 1.29 is 27.2 Å². The average Bonchev–Trinajstić information content (AvgIpc) is 2.96. The molecule has 2 fully saturated rings. The van der Waals surface area contributed by atoms with Gasteiger partial charge in [0.05, 0.1) is 11.4 Å². The molecule has 0 aromatic carbocycles. The zero-order valence-corrected chi connectivity index (χ0v) is 12.1. The molecule has 1 heterocycles. The molecule has 3 unspecified atom stereocenters. The molecule has 1 saturated heterocycles. The van der Waals surface area contributed by atoms with Gasteiger partial charge in [-0.3, -0.25) is 9.59 Å². The van der Waals surface area contributed by atoms with E-state index >= 15 is 0 Å². The molecule has 1 saturated carbocycles. The maximum atomic E-state index is 13.2. The van der Waals surface area contributed by atoms with Gasteiger partial charge in [-0.2, -0.15) is 8.78 Å². The molecule has 3 atom stereocenters. The number of fused-ring (bicyclic) bond motifs is 1. The molecule has 20 heavy (non-hydrogen) atoms. The number of amides is 1. The van der Waals surface area contributed by atoms with E-state index < -0.39 is 30.1 Å². The lowest BCUT2D eigenvalue weighted by Crippen LogP contribution is -2.52. The Kier molecular flexibility index (Phi) is 4.41. The minimum atomic E-state index is -4.73. The average molecular weight is 360 g/mol. The quantitative estimate of drug-likeness (QED) is 0.571. The number of Topliss-reactive ketones (excluding diaryl/α,β-unsaturated/α-hetero) is 1. The summed E-state index contributed by atoms with van der Waals surface area (Å²) < 4.78 is 51.1. The van der Waals surface area contributed by atoms with Crippen LogP contribution in [0.3, 0.4) is 0 Å². The fourth-order valence-electron chi connectivity index (χ4n) is 3.29. The standard InChI is InChI=1S/C12H14BrF4NO2/c13-4-8(19)9-7-3-1-2-6(7)5-18(9)11(20)12(16,17)10(14)15/h6-7,9-10H,1-5H2. The zero-order valence-electron chi connectivity index (χ0n) is 10.5. The highest BCUT2D eigenvalue weighted by Gasteiger charge is 2.57. The van der Waals surface area contributed by atoms with Gasteiger partial charge in [-0.25, -0.2) is 8.78 Å². The summed E-state index contributed by atoms with van der Waals surface area (Å²) in [5.41, 5.74) is 0. The largest absolute Gasteiger partial charge is 0.383 e. The Labute approximate surface area is 121 Å². The molecule has 0 bridgehead atoms. The van der Waals surface area contributed by atoms with E-state index in [1.54, 1.807) is 0 Å². The van der Waals surface area contributed by atoms with Gasteiger partial charge in [0.15, 0.2) is 5.78 Å². The van der Waals surface area contributed by atoms with E-state index in [0.717, 1.165) is 12.8 Å². The normalized spacial score (nSPS) is 29.9. The summed E-state index contributed by atoms with van der Waals surface area (Å²) in [6.45, 7) is -0.0325. The fourth-order valence-corrected chi connectivity index (χ4v) is 3.62. The summed E-state index contributed by atoms with van der Waals surface area (Å²) in [5, 5.41) is -0.0785. The Morgan fingerprint density at radius 1 is 1.30 bits per heavy atom. The number of hydrogen-bond donors (Lipinski definition) is 0. The molecule has 1 aliphatic heterocycles. The van der Waals surface area contributed by atoms with E-state index in [1.807, 2.05) is 0 Å². The highest BCUT2D eigenvalue weighted by atomic mass is 79.9. The summed E-state index contributed by atoms with van der Waals surface area (Å²) in [7, 11) is 0. The molecule has 0 aromatic rings. The lowest BCUT2D eigenvalue weighted by Gasteiger charge is -2.29. The molecule has 0 aromatic heterocycles. The van der Waals surface area contributed by atoms with Crippen molar-refractivity contribution in [3.8, 4) is 0 Å². The Morgan fingerprint density at radius 2 is 1.95 bits per heavy atom. The van der Waals surface area contributed by atoms with Crippen LogP contribution in [0.25, 0.3) is 0 Å². The number of ketones is 1. The minimum Gasteiger partial charge on any atom is -0.327 e. The molecule has 0 N–H and O–H groups in total. The lowest BCUT2D eigenvalue weighted by atomic mass is 9.92. The van der Waals surface area contributed by atoms with Crippen molar-refractivity contribution in [1.29, 1.82) is 0 Å². The summed E-state index contributed by atoms with van der Waals surface area (Å²) in [5.74, 6) is -7.29. The van der Waals surface area contributed by atoms with Crippen molar-refractivity contribution in [3.63, 3.8) is 0 Å². The van der Waals surface area contributed by atoms with Gasteiger partial charge in [-0.15, -0.1) is 0 Å². The molecule has 0 spiro atoms. The number of carbonyl (C=O) groups excluding carboxylic acids is 2. The highest BCUT2D eigenvalue weighted by molar-refractivity contribution is 9.09. The number of hydrogen-bond acceptors (Lipinski definition) is 2. The molecule has 8 heteroatoms. The van der Waals surface area contributed by atoms with Crippen LogP contribution < -0.4 is 0 Å². The van der Waals surface area contributed by atoms with E-state index in [4.69, 9.17) is 0 Å². The van der Waals surface area contributed by atoms with Gasteiger partial charge in [0, 0.05) is 6.54 Å². The summed E-state index contributed by atoms with van der Waals surface area (Å²) in [4.78, 5) is 24.3. The van der Waals surface area contributed by atoms with Gasteiger partial charge >= 0.3 is 12.3 Å². The predicted octanol–water partition coefficient (Wildman–Crippen LogP) is 2.48. The van der Waals surface area contributed by atoms with E-state index in [9.17, 15) is 27.2 Å². The van der Waals surface area contributed by atoms with Crippen molar-refractivity contribution in [2.24, 2.45) is 11.8 Å². The third-order valence-electron chi connectivity index (χ3n) is 4.17. The molecule has 114 valence electrons. The molecule has 0 radical (unpaired) electrons. The Morgan fingerprint density at radius 3 is 2.50 bits per heavy atom. The van der Waals surface area contributed by atoms with E-state index in [2.05, 4.69) is 15.9 Å². The van der Waals surface area contributed by atoms with Crippen molar-refractivity contribution in [2.75, 3.05) is 11.9 Å². The van der Waals surface area contributed by atoms with Gasteiger partial charge < -0.3 is 4.90 Å². The molecule has 1 aliphatic carbocycles. The van der Waals surface area contributed by atoms with Crippen LogP contribution in [0, 0.1) is 11.8 Å². The first kappa shape index (κ1) is 15.7. The van der Waals surface area contributed by atoms with Gasteiger partial charge in [-0.05, 0) is 24.7 Å². The third-order valence-corrected chi connectivity index (χ3v) is 4.72. The maximum absolute atomic E-state index is 13.2. The topological polar surface area (TPSA) is 37.4 Å². The van der Waals surface area contributed by atoms with Gasteiger partial charge in [0.25, 0.3) is 5.91 Å². The van der Waals surface area contributed by atoms with Crippen LogP contribution in [0.1, 0.15) is 19.3 Å². The fraction of sp³-hybridized carbons (Fsp3) is 0.833. The minimum absolute atomic E-state index is 0.0325. The predicted molar refractivity (Wildman–Crippen MR) is 66.1 cm³/mol. The van der Waals surface area contributed by atoms with Crippen LogP contribution in [-0.2, 0) is 9.59 Å². The number of carbonyl (C=O) groups is 2. The second-order valence-corrected chi connectivity index (χ2v) is 5.84. The summed E-state index contributed by atoms with van der Waals surface area (Å²) >= 11 is 2.95. The van der Waals surface area contributed by atoms with E-state index in [-0.39, 0.29) is 23.7 Å². The van der Waals surface area contributed by atoms with Crippen LogP contribution >= 0.6 is 15.9 Å². The first-order valence-electron chi connectivity index (χ1n) is 6.36. The van der Waals surface area contributed by atoms with Crippen LogP contribution in [0.2, 0.25) is 0 Å². The first-order chi connectivity index (χ1) is 9.30. The van der Waals surface area contributed by atoms with Crippen LogP contribution in [0.4, 0.5) is 17.6 Å². The molecular formula is C12H14BrF4NO2. The summed E-state index contributed by atoms with van der Waals surface area (Å²) in [6.07, 6.45) is -1.79. The van der Waals surface area contributed by atoms with Gasteiger partial charge in [0.1, 0.15) is 0 Å². The van der Waals surface area contributed by atoms with E-state index in [0.29, 0.717) is 11.3 Å². The second-order valence-electron chi connectivity index (χ2n) is 5.28. The number of halogens is 5. The number of rotatable bonds is 4. The number of likely N-dealkylation sites (tertiary alicyclic amines) is 1. The SMILES string of the molecule is O=C(CBr)C1C2CCCC2CN1C(=O)C(F)(F)C(F)F. The van der Waals surface area contributed by atoms with Crippen molar-refractivity contribution in [3.05, 3.63) is 0 Å². The number of nitrogens with zero attached hydrogens (tertiary/aromatic N) is 1. The van der Waals surface area contributed by atoms with Crippen LogP contribution in [-0.4, -0.2) is 46.9 Å². The molecule has 3 nitrogen and oxygen atoms in total. The zero-order chi connectivity index (χ0) is 15.1. The monoisotopic (exact) mass is 359 g/mol. The van der Waals surface area contributed by atoms with Gasteiger partial charge in [0.2, 0.25) is 0 Å². The van der Waals surface area contributed by atoms with E-state index in [1.165, 1.54) is 0 Å². The maximum Gasteiger partial charge on any atom is 0.383 e. The molecule has 2 rings (SSSR count). The van der Waals surface area contributed by atoms with Crippen molar-refractivity contribution in [1.82, 2.24) is 4.90 Å². The summed E-state index contributed by atoms with van der Waals surface area (Å²) in [6, 6.07) is -1.00. The third kappa shape index (κ3) is 2.46.